The van der Waals surface area contributed by atoms with Crippen LogP contribution in [0, 0.1) is 0 Å². The fourth-order valence-electron chi connectivity index (χ4n) is 3.61. The van der Waals surface area contributed by atoms with Crippen molar-refractivity contribution in [3.8, 4) is 33.5 Å². The Balaban J connectivity index is 1.86. The van der Waals surface area contributed by atoms with E-state index in [1.54, 1.807) is 0 Å². The highest BCUT2D eigenvalue weighted by atomic mass is 14.9. The number of hydrogen-bond donors (Lipinski definition) is 2. The van der Waals surface area contributed by atoms with Crippen LogP contribution in [0.4, 0.5) is 11.4 Å². The monoisotopic (exact) mass is 379 g/mol. The molecule has 3 heteroatoms. The fraction of sp³-hybridized carbons (Fsp3) is 0.115. The zero-order chi connectivity index (χ0) is 20.1. The first-order valence-electron chi connectivity index (χ1n) is 10.0. The van der Waals surface area contributed by atoms with Crippen molar-refractivity contribution in [1.29, 1.82) is 0 Å². The molecule has 0 bridgehead atoms. The molecule has 0 unspecified atom stereocenters. The Morgan fingerprint density at radius 3 is 2.24 bits per heavy atom. The molecule has 3 nitrogen and oxygen atoms in total. The van der Waals surface area contributed by atoms with Gasteiger partial charge in [0.25, 0.3) is 0 Å². The van der Waals surface area contributed by atoms with Gasteiger partial charge in [-0.1, -0.05) is 79.7 Å². The number of para-hydroxylation sites is 2. The number of nitrogens with two attached hydrogens (primary N) is 1. The second-order valence-electron chi connectivity index (χ2n) is 7.00. The largest absolute Gasteiger partial charge is 0.398 e. The molecular formula is C26H25N3. The van der Waals surface area contributed by atoms with Crippen molar-refractivity contribution < 1.29 is 0 Å². The van der Waals surface area contributed by atoms with E-state index in [1.807, 2.05) is 30.5 Å². The molecule has 0 aliphatic heterocycles. The number of aromatic nitrogens is 1. The Kier molecular flexibility index (Phi) is 5.57. The van der Waals surface area contributed by atoms with Crippen LogP contribution >= 0.6 is 0 Å². The number of nitrogens with zero attached hydrogens (tertiary/aromatic N) is 1. The number of benzene rings is 3. The van der Waals surface area contributed by atoms with Crippen molar-refractivity contribution in [3.05, 3.63) is 91.1 Å². The highest BCUT2D eigenvalue weighted by Gasteiger charge is 2.15. The highest BCUT2D eigenvalue weighted by molar-refractivity contribution is 5.95. The molecule has 0 aliphatic rings. The Labute approximate surface area is 172 Å². The number of nitrogens with one attached hydrogen (secondary N) is 1. The molecule has 0 radical (unpaired) electrons. The lowest BCUT2D eigenvalue weighted by Crippen LogP contribution is -2.02. The third-order valence-electron chi connectivity index (χ3n) is 5.04. The standard InChI is InChI=1S/C26H25N3/c1-2-17-28-24-16-7-6-12-23(24)26-22(15-9-18-29-26)21-14-8-13-20(25(21)27)19-10-4-3-5-11-19/h3-16,18,28H,2,17,27H2,1H3. The molecular weight excluding hydrogens is 354 g/mol. The summed E-state index contributed by atoms with van der Waals surface area (Å²) in [7, 11) is 0. The van der Waals surface area contributed by atoms with Crippen molar-refractivity contribution in [1.82, 2.24) is 4.98 Å². The third kappa shape index (κ3) is 3.85. The third-order valence-corrected chi connectivity index (χ3v) is 5.04. The lowest BCUT2D eigenvalue weighted by Gasteiger charge is -2.17. The summed E-state index contributed by atoms with van der Waals surface area (Å²) in [6, 6.07) is 28.8. The maximum absolute atomic E-state index is 6.67. The van der Waals surface area contributed by atoms with Gasteiger partial charge < -0.3 is 11.1 Å². The Bertz CT molecular complexity index is 1100. The van der Waals surface area contributed by atoms with E-state index in [1.165, 1.54) is 0 Å². The van der Waals surface area contributed by atoms with Crippen molar-refractivity contribution in [2.45, 2.75) is 13.3 Å². The van der Waals surface area contributed by atoms with Crippen LogP contribution in [-0.2, 0) is 0 Å². The minimum absolute atomic E-state index is 0.770. The summed E-state index contributed by atoms with van der Waals surface area (Å²) in [5.74, 6) is 0. The lowest BCUT2D eigenvalue weighted by atomic mass is 9.93. The van der Waals surface area contributed by atoms with E-state index in [2.05, 4.69) is 72.9 Å². The van der Waals surface area contributed by atoms with Crippen LogP contribution in [-0.4, -0.2) is 11.5 Å². The van der Waals surface area contributed by atoms with Crippen LogP contribution in [0.1, 0.15) is 13.3 Å². The molecule has 144 valence electrons. The lowest BCUT2D eigenvalue weighted by molar-refractivity contribution is 0.980. The molecule has 0 amide bonds. The summed E-state index contributed by atoms with van der Waals surface area (Å²) < 4.78 is 0. The fourth-order valence-corrected chi connectivity index (χ4v) is 3.61. The van der Waals surface area contributed by atoms with Crippen LogP contribution < -0.4 is 11.1 Å². The molecule has 1 heterocycles. The van der Waals surface area contributed by atoms with Crippen molar-refractivity contribution in [2.75, 3.05) is 17.6 Å². The first-order chi connectivity index (χ1) is 14.3. The predicted molar refractivity (Wildman–Crippen MR) is 124 cm³/mol. The van der Waals surface area contributed by atoms with Gasteiger partial charge in [0.05, 0.1) is 5.69 Å². The minimum atomic E-state index is 0.770. The van der Waals surface area contributed by atoms with Gasteiger partial charge in [-0.15, -0.1) is 0 Å². The first kappa shape index (κ1) is 18.8. The maximum atomic E-state index is 6.67. The summed E-state index contributed by atoms with van der Waals surface area (Å²) in [5.41, 5.74) is 14.7. The van der Waals surface area contributed by atoms with Gasteiger partial charge in [-0.25, -0.2) is 0 Å². The van der Waals surface area contributed by atoms with Gasteiger partial charge in [0.1, 0.15) is 0 Å². The van der Waals surface area contributed by atoms with E-state index in [-0.39, 0.29) is 0 Å². The van der Waals surface area contributed by atoms with E-state index in [4.69, 9.17) is 10.7 Å². The predicted octanol–water partition coefficient (Wildman–Crippen LogP) is 6.49. The molecule has 4 aromatic rings. The molecule has 0 saturated heterocycles. The van der Waals surface area contributed by atoms with E-state index in [0.29, 0.717) is 0 Å². The molecule has 0 aliphatic carbocycles. The van der Waals surface area contributed by atoms with Crippen molar-refractivity contribution in [3.63, 3.8) is 0 Å². The zero-order valence-electron chi connectivity index (χ0n) is 16.6. The smallest absolute Gasteiger partial charge is 0.0801 e. The normalized spacial score (nSPS) is 10.7. The molecule has 3 N–H and O–H groups in total. The quantitative estimate of drug-likeness (QED) is 0.377. The Morgan fingerprint density at radius 1 is 0.724 bits per heavy atom. The second-order valence-corrected chi connectivity index (χ2v) is 7.00. The molecule has 1 aromatic heterocycles. The highest BCUT2D eigenvalue weighted by Crippen LogP contribution is 2.40. The molecule has 0 atom stereocenters. The van der Waals surface area contributed by atoms with E-state index in [9.17, 15) is 0 Å². The van der Waals surface area contributed by atoms with Crippen LogP contribution in [0.5, 0.6) is 0 Å². The van der Waals surface area contributed by atoms with Crippen LogP contribution in [0.25, 0.3) is 33.5 Å². The summed E-state index contributed by atoms with van der Waals surface area (Å²) in [6.07, 6.45) is 2.90. The average Bonchev–Trinajstić information content (AvgIpc) is 2.79. The van der Waals surface area contributed by atoms with Gasteiger partial charge in [0.2, 0.25) is 0 Å². The van der Waals surface area contributed by atoms with Gasteiger partial charge in [0, 0.05) is 46.4 Å². The minimum Gasteiger partial charge on any atom is -0.398 e. The SMILES string of the molecule is CCCNc1ccccc1-c1ncccc1-c1cccc(-c2ccccc2)c1N. The number of pyridine rings is 1. The summed E-state index contributed by atoms with van der Waals surface area (Å²) in [6.45, 7) is 3.09. The number of anilines is 2. The molecule has 0 spiro atoms. The summed E-state index contributed by atoms with van der Waals surface area (Å²) in [5, 5.41) is 3.52. The average molecular weight is 380 g/mol. The Morgan fingerprint density at radius 2 is 1.41 bits per heavy atom. The number of hydrogen-bond acceptors (Lipinski definition) is 3. The van der Waals surface area contributed by atoms with Gasteiger partial charge >= 0.3 is 0 Å². The number of rotatable bonds is 6. The van der Waals surface area contributed by atoms with E-state index in [0.717, 1.165) is 57.9 Å². The van der Waals surface area contributed by atoms with Gasteiger partial charge in [-0.2, -0.15) is 0 Å². The van der Waals surface area contributed by atoms with Gasteiger partial charge in [-0.3, -0.25) is 4.98 Å². The van der Waals surface area contributed by atoms with Crippen LogP contribution in [0.15, 0.2) is 91.1 Å². The maximum Gasteiger partial charge on any atom is 0.0801 e. The zero-order valence-corrected chi connectivity index (χ0v) is 16.6. The van der Waals surface area contributed by atoms with Crippen molar-refractivity contribution in [2.24, 2.45) is 0 Å². The van der Waals surface area contributed by atoms with Gasteiger partial charge in [-0.05, 0) is 24.1 Å². The van der Waals surface area contributed by atoms with Crippen LogP contribution in [0.2, 0.25) is 0 Å². The van der Waals surface area contributed by atoms with E-state index < -0.39 is 0 Å². The number of nitrogen functional groups attached to an aromatic ring is 1. The topological polar surface area (TPSA) is 50.9 Å². The summed E-state index contributed by atoms with van der Waals surface area (Å²) in [4.78, 5) is 4.74. The molecule has 3 aromatic carbocycles. The first-order valence-corrected chi connectivity index (χ1v) is 10.0. The molecule has 4 rings (SSSR count). The molecule has 29 heavy (non-hydrogen) atoms. The second kappa shape index (κ2) is 8.61. The molecule has 0 fully saturated rings. The molecule has 0 saturated carbocycles. The Hall–Kier alpha value is -3.59. The summed E-state index contributed by atoms with van der Waals surface area (Å²) >= 11 is 0. The van der Waals surface area contributed by atoms with Gasteiger partial charge in [0.15, 0.2) is 0 Å². The van der Waals surface area contributed by atoms with E-state index >= 15 is 0 Å². The van der Waals surface area contributed by atoms with Crippen molar-refractivity contribution >= 4 is 11.4 Å². The van der Waals surface area contributed by atoms with Crippen LogP contribution in [0.3, 0.4) is 0 Å².